The molecule has 6 heteroatoms. The van der Waals surface area contributed by atoms with E-state index >= 15 is 0 Å². The first kappa shape index (κ1) is 18.7. The minimum absolute atomic E-state index is 0.106. The number of halogens is 2. The van der Waals surface area contributed by atoms with Crippen LogP contribution in [0.25, 0.3) is 0 Å². The van der Waals surface area contributed by atoms with Gasteiger partial charge in [-0.15, -0.1) is 0 Å². The second-order valence-electron chi connectivity index (χ2n) is 5.87. The molecule has 0 radical (unpaired) electrons. The molecule has 3 aromatic carbocycles. The van der Waals surface area contributed by atoms with E-state index in [2.05, 4.69) is 5.32 Å². The molecule has 0 spiro atoms. The number of hydrogen-bond donors (Lipinski definition) is 2. The van der Waals surface area contributed by atoms with Gasteiger partial charge in [-0.05, 0) is 48.5 Å². The van der Waals surface area contributed by atoms with E-state index in [1.165, 1.54) is 18.2 Å². The highest BCUT2D eigenvalue weighted by molar-refractivity contribution is 6.30. The first-order valence-electron chi connectivity index (χ1n) is 8.25. The average Bonchev–Trinajstić information content (AvgIpc) is 2.67. The van der Waals surface area contributed by atoms with Crippen LogP contribution in [0.1, 0.15) is 21.5 Å². The second kappa shape index (κ2) is 8.56. The Kier molecular flexibility index (Phi) is 5.94. The smallest absolute Gasteiger partial charge is 0.335 e. The van der Waals surface area contributed by atoms with Crippen molar-refractivity contribution < 1.29 is 19.0 Å². The summed E-state index contributed by atoms with van der Waals surface area (Å²) in [5.41, 5.74) is 2.26. The maximum absolute atomic E-state index is 13.8. The fourth-order valence-electron chi connectivity index (χ4n) is 2.53. The predicted octanol–water partition coefficient (Wildman–Crippen LogP) is 5.37. The van der Waals surface area contributed by atoms with Crippen LogP contribution in [0, 0.1) is 5.82 Å². The minimum Gasteiger partial charge on any atom is -0.488 e. The van der Waals surface area contributed by atoms with E-state index < -0.39 is 5.97 Å². The second-order valence-corrected chi connectivity index (χ2v) is 6.30. The Hall–Kier alpha value is -3.05. The van der Waals surface area contributed by atoms with Crippen LogP contribution in [0.15, 0.2) is 66.7 Å². The van der Waals surface area contributed by atoms with E-state index in [9.17, 15) is 9.18 Å². The Morgan fingerprint density at radius 2 is 1.78 bits per heavy atom. The lowest BCUT2D eigenvalue weighted by atomic mass is 10.1. The largest absolute Gasteiger partial charge is 0.488 e. The van der Waals surface area contributed by atoms with E-state index in [1.54, 1.807) is 48.5 Å². The van der Waals surface area contributed by atoms with Crippen LogP contribution in [-0.2, 0) is 13.2 Å². The summed E-state index contributed by atoms with van der Waals surface area (Å²) in [5.74, 6) is -0.692. The molecule has 4 nitrogen and oxygen atoms in total. The van der Waals surface area contributed by atoms with Gasteiger partial charge in [0.15, 0.2) is 0 Å². The van der Waals surface area contributed by atoms with Crippen LogP contribution >= 0.6 is 11.6 Å². The lowest BCUT2D eigenvalue weighted by molar-refractivity contribution is 0.0697. The number of aromatic carboxylic acids is 1. The molecule has 0 saturated heterocycles. The summed E-state index contributed by atoms with van der Waals surface area (Å²) in [6.07, 6.45) is 0. The molecular formula is C21H17ClFNO3. The molecule has 0 fully saturated rings. The third-order valence-corrected chi connectivity index (χ3v) is 4.21. The number of nitrogens with one attached hydrogen (secondary N) is 1. The van der Waals surface area contributed by atoms with Gasteiger partial charge in [-0.2, -0.15) is 0 Å². The van der Waals surface area contributed by atoms with Crippen molar-refractivity contribution in [1.82, 2.24) is 0 Å². The molecule has 0 aliphatic heterocycles. The number of benzene rings is 3. The van der Waals surface area contributed by atoms with Gasteiger partial charge in [0.05, 0.1) is 5.56 Å². The first-order chi connectivity index (χ1) is 13.0. The van der Waals surface area contributed by atoms with Gasteiger partial charge in [0, 0.05) is 28.4 Å². The molecule has 2 N–H and O–H groups in total. The SMILES string of the molecule is O=C(O)c1ccc(NCc2cc(Cl)ccc2OCc2ccccc2F)cc1. The maximum Gasteiger partial charge on any atom is 0.335 e. The third kappa shape index (κ3) is 4.99. The molecule has 0 aliphatic rings. The zero-order valence-corrected chi connectivity index (χ0v) is 15.0. The quantitative estimate of drug-likeness (QED) is 0.574. The highest BCUT2D eigenvalue weighted by Gasteiger charge is 2.08. The van der Waals surface area contributed by atoms with E-state index in [0.29, 0.717) is 22.9 Å². The van der Waals surface area contributed by atoms with Gasteiger partial charge in [0.25, 0.3) is 0 Å². The van der Waals surface area contributed by atoms with Gasteiger partial charge in [-0.1, -0.05) is 29.8 Å². The number of carbonyl (C=O) groups is 1. The van der Waals surface area contributed by atoms with E-state index in [0.717, 1.165) is 11.3 Å². The molecular weight excluding hydrogens is 369 g/mol. The molecule has 0 bridgehead atoms. The van der Waals surface area contributed by atoms with E-state index in [4.69, 9.17) is 21.4 Å². The van der Waals surface area contributed by atoms with Crippen LogP contribution in [0.4, 0.5) is 10.1 Å². The van der Waals surface area contributed by atoms with Gasteiger partial charge in [0.1, 0.15) is 18.2 Å². The summed E-state index contributed by atoms with van der Waals surface area (Å²) in [6, 6.07) is 18.1. The standard InChI is InChI=1S/C21H17ClFNO3/c22-17-7-10-20(27-13-15-3-1-2-4-19(15)23)16(11-17)12-24-18-8-5-14(6-9-18)21(25)26/h1-11,24H,12-13H2,(H,25,26). The van der Waals surface area contributed by atoms with Crippen LogP contribution in [0.3, 0.4) is 0 Å². The Bertz CT molecular complexity index is 944. The van der Waals surface area contributed by atoms with Crippen LogP contribution in [-0.4, -0.2) is 11.1 Å². The number of rotatable bonds is 7. The van der Waals surface area contributed by atoms with Gasteiger partial charge >= 0.3 is 5.97 Å². The Morgan fingerprint density at radius 3 is 2.48 bits per heavy atom. The monoisotopic (exact) mass is 385 g/mol. The van der Waals surface area contributed by atoms with Gasteiger partial charge in [0.2, 0.25) is 0 Å². The molecule has 138 valence electrons. The summed E-state index contributed by atoms with van der Waals surface area (Å²) in [6.45, 7) is 0.522. The van der Waals surface area contributed by atoms with Crippen LogP contribution < -0.4 is 10.1 Å². The maximum atomic E-state index is 13.8. The van der Waals surface area contributed by atoms with Crippen molar-refractivity contribution in [2.24, 2.45) is 0 Å². The number of carboxylic acid groups (broad SMARTS) is 1. The lowest BCUT2D eigenvalue weighted by Crippen LogP contribution is -2.05. The molecule has 0 aliphatic carbocycles. The first-order valence-corrected chi connectivity index (χ1v) is 8.62. The molecule has 27 heavy (non-hydrogen) atoms. The highest BCUT2D eigenvalue weighted by Crippen LogP contribution is 2.25. The van der Waals surface area contributed by atoms with E-state index in [-0.39, 0.29) is 18.0 Å². The van der Waals surface area contributed by atoms with Gasteiger partial charge < -0.3 is 15.2 Å². The summed E-state index contributed by atoms with van der Waals surface area (Å²) in [4.78, 5) is 10.9. The zero-order chi connectivity index (χ0) is 19.2. The average molecular weight is 386 g/mol. The summed E-state index contributed by atoms with van der Waals surface area (Å²) < 4.78 is 19.5. The molecule has 0 saturated carbocycles. The molecule has 0 amide bonds. The number of anilines is 1. The van der Waals surface area contributed by atoms with Crippen molar-refractivity contribution in [2.45, 2.75) is 13.2 Å². The van der Waals surface area contributed by atoms with Crippen LogP contribution in [0.2, 0.25) is 5.02 Å². The number of hydrogen-bond acceptors (Lipinski definition) is 3. The fourth-order valence-corrected chi connectivity index (χ4v) is 2.72. The summed E-state index contributed by atoms with van der Waals surface area (Å²) >= 11 is 6.09. The van der Waals surface area contributed by atoms with E-state index in [1.807, 2.05) is 0 Å². The molecule has 0 aromatic heterocycles. The predicted molar refractivity (Wildman–Crippen MR) is 103 cm³/mol. The number of carboxylic acids is 1. The fraction of sp³-hybridized carbons (Fsp3) is 0.0952. The molecule has 3 aromatic rings. The zero-order valence-electron chi connectivity index (χ0n) is 14.3. The lowest BCUT2D eigenvalue weighted by Gasteiger charge is -2.14. The third-order valence-electron chi connectivity index (χ3n) is 3.98. The summed E-state index contributed by atoms with van der Waals surface area (Å²) in [5, 5.41) is 12.7. The van der Waals surface area contributed by atoms with Crippen molar-refractivity contribution in [1.29, 1.82) is 0 Å². The Morgan fingerprint density at radius 1 is 1.04 bits per heavy atom. The molecule has 3 rings (SSSR count). The van der Waals surface area contributed by atoms with Gasteiger partial charge in [-0.25, -0.2) is 9.18 Å². The molecule has 0 atom stereocenters. The Balaban J connectivity index is 1.70. The normalized spacial score (nSPS) is 10.4. The van der Waals surface area contributed by atoms with Crippen molar-refractivity contribution in [3.05, 3.63) is 94.3 Å². The Labute approximate surface area is 161 Å². The molecule has 0 unspecified atom stereocenters. The van der Waals surface area contributed by atoms with Crippen molar-refractivity contribution in [3.8, 4) is 5.75 Å². The van der Waals surface area contributed by atoms with Crippen molar-refractivity contribution >= 4 is 23.3 Å². The van der Waals surface area contributed by atoms with Crippen molar-refractivity contribution in [3.63, 3.8) is 0 Å². The number of ether oxygens (including phenoxy) is 1. The topological polar surface area (TPSA) is 58.6 Å². The summed E-state index contributed by atoms with van der Waals surface area (Å²) in [7, 11) is 0. The minimum atomic E-state index is -0.972. The van der Waals surface area contributed by atoms with Crippen molar-refractivity contribution in [2.75, 3.05) is 5.32 Å². The van der Waals surface area contributed by atoms with Crippen LogP contribution in [0.5, 0.6) is 5.75 Å². The highest BCUT2D eigenvalue weighted by atomic mass is 35.5. The van der Waals surface area contributed by atoms with Gasteiger partial charge in [-0.3, -0.25) is 0 Å². The molecule has 0 heterocycles.